The zero-order valence-electron chi connectivity index (χ0n) is 10.1. The number of phenolic OH excluding ortho intramolecular Hbond substituents is 1. The molecule has 0 spiro atoms. The molecule has 0 aliphatic carbocycles. The average Bonchev–Trinajstić information content (AvgIpc) is 2.29. The van der Waals surface area contributed by atoms with E-state index in [0.29, 0.717) is 0 Å². The molecule has 0 atom stereocenters. The number of anilines is 1. The Kier molecular flexibility index (Phi) is 4.42. The fourth-order valence-corrected chi connectivity index (χ4v) is 1.33. The lowest BCUT2D eigenvalue weighted by Gasteiger charge is -2.09. The van der Waals surface area contributed by atoms with Crippen LogP contribution in [0.3, 0.4) is 0 Å². The molecule has 0 unspecified atom stereocenters. The number of Topliss-reactive ketones (excluding diaryl/α,β-unsaturated/α-hetero) is 1. The topological polar surface area (TPSA) is 95.5 Å². The molecule has 0 bridgehead atoms. The monoisotopic (exact) mass is 250 g/mol. The molecule has 6 heteroatoms. The number of ketones is 1. The molecule has 0 saturated heterocycles. The van der Waals surface area contributed by atoms with Gasteiger partial charge in [-0.1, -0.05) is 6.07 Å². The van der Waals surface area contributed by atoms with Crippen molar-refractivity contribution in [2.24, 2.45) is 0 Å². The first kappa shape index (κ1) is 13.7. The van der Waals surface area contributed by atoms with Crippen molar-refractivity contribution in [2.45, 2.75) is 13.8 Å². The van der Waals surface area contributed by atoms with Gasteiger partial charge in [0.15, 0.2) is 5.78 Å². The van der Waals surface area contributed by atoms with E-state index in [4.69, 9.17) is 0 Å². The molecule has 0 heterocycles. The molecule has 6 nitrogen and oxygen atoms in total. The largest absolute Gasteiger partial charge is 0.505 e. The SMILES string of the molecule is CC(=O)NCC(=O)Nc1cccc(C(C)=O)c1O. The standard InChI is InChI=1S/C12H14N2O4/c1-7(15)9-4-3-5-10(12(9)18)14-11(17)6-13-8(2)16/h3-5,18H,6H2,1-2H3,(H,13,16)(H,14,17). The molecule has 3 N–H and O–H groups in total. The first-order valence-electron chi connectivity index (χ1n) is 5.29. The van der Waals surface area contributed by atoms with Gasteiger partial charge in [0.1, 0.15) is 5.75 Å². The van der Waals surface area contributed by atoms with E-state index in [1.165, 1.54) is 26.0 Å². The Balaban J connectivity index is 2.79. The van der Waals surface area contributed by atoms with Crippen molar-refractivity contribution in [1.29, 1.82) is 0 Å². The number of phenols is 1. The van der Waals surface area contributed by atoms with Gasteiger partial charge in [-0.3, -0.25) is 14.4 Å². The fourth-order valence-electron chi connectivity index (χ4n) is 1.33. The van der Waals surface area contributed by atoms with Crippen LogP contribution in [0.4, 0.5) is 5.69 Å². The second kappa shape index (κ2) is 5.81. The molecular weight excluding hydrogens is 236 g/mol. The molecule has 0 saturated carbocycles. The minimum Gasteiger partial charge on any atom is -0.505 e. The highest BCUT2D eigenvalue weighted by Gasteiger charge is 2.12. The van der Waals surface area contributed by atoms with Crippen LogP contribution in [0.5, 0.6) is 5.75 Å². The van der Waals surface area contributed by atoms with Crippen molar-refractivity contribution in [3.05, 3.63) is 23.8 Å². The van der Waals surface area contributed by atoms with Crippen LogP contribution in [0.2, 0.25) is 0 Å². The highest BCUT2D eigenvalue weighted by molar-refractivity contribution is 6.01. The molecular formula is C12H14N2O4. The van der Waals surface area contributed by atoms with Gasteiger partial charge < -0.3 is 15.7 Å². The molecule has 0 fully saturated rings. The maximum atomic E-state index is 11.4. The van der Waals surface area contributed by atoms with Crippen molar-refractivity contribution >= 4 is 23.3 Å². The number of rotatable bonds is 4. The summed E-state index contributed by atoms with van der Waals surface area (Å²) in [7, 11) is 0. The van der Waals surface area contributed by atoms with Gasteiger partial charge in [-0.15, -0.1) is 0 Å². The number of hydrogen-bond donors (Lipinski definition) is 3. The highest BCUT2D eigenvalue weighted by atomic mass is 16.3. The molecule has 0 radical (unpaired) electrons. The van der Waals surface area contributed by atoms with Gasteiger partial charge >= 0.3 is 0 Å². The number of aromatic hydroxyl groups is 1. The van der Waals surface area contributed by atoms with E-state index < -0.39 is 5.91 Å². The molecule has 2 amide bonds. The van der Waals surface area contributed by atoms with Crippen LogP contribution in [0.15, 0.2) is 18.2 Å². The Bertz CT molecular complexity index is 497. The van der Waals surface area contributed by atoms with Gasteiger partial charge in [0.05, 0.1) is 17.8 Å². The summed E-state index contributed by atoms with van der Waals surface area (Å²) in [4.78, 5) is 33.2. The highest BCUT2D eigenvalue weighted by Crippen LogP contribution is 2.27. The molecule has 18 heavy (non-hydrogen) atoms. The molecule has 0 aliphatic heterocycles. The van der Waals surface area contributed by atoms with E-state index in [9.17, 15) is 19.5 Å². The van der Waals surface area contributed by atoms with Crippen LogP contribution >= 0.6 is 0 Å². The van der Waals surface area contributed by atoms with E-state index in [1.54, 1.807) is 6.07 Å². The minimum atomic E-state index is -0.485. The first-order chi connectivity index (χ1) is 8.41. The van der Waals surface area contributed by atoms with Crippen LogP contribution in [0.1, 0.15) is 24.2 Å². The van der Waals surface area contributed by atoms with Gasteiger partial charge in [-0.05, 0) is 19.1 Å². The molecule has 96 valence electrons. The molecule has 1 aromatic rings. The number of hydrogen-bond acceptors (Lipinski definition) is 4. The molecule has 1 aromatic carbocycles. The summed E-state index contributed by atoms with van der Waals surface area (Å²) < 4.78 is 0. The Morgan fingerprint density at radius 1 is 1.22 bits per heavy atom. The van der Waals surface area contributed by atoms with Crippen LogP contribution in [0.25, 0.3) is 0 Å². The van der Waals surface area contributed by atoms with Crippen molar-refractivity contribution in [2.75, 3.05) is 11.9 Å². The summed E-state index contributed by atoms with van der Waals surface area (Å²) in [6.07, 6.45) is 0. The summed E-state index contributed by atoms with van der Waals surface area (Å²) in [6, 6.07) is 4.47. The summed E-state index contributed by atoms with van der Waals surface area (Å²) in [5, 5.41) is 14.5. The third-order valence-electron chi connectivity index (χ3n) is 2.19. The van der Waals surface area contributed by atoms with Crippen LogP contribution < -0.4 is 10.6 Å². The van der Waals surface area contributed by atoms with Crippen LogP contribution in [0, 0.1) is 0 Å². The lowest BCUT2D eigenvalue weighted by molar-refractivity contribution is -0.122. The Morgan fingerprint density at radius 3 is 2.44 bits per heavy atom. The van der Waals surface area contributed by atoms with Crippen LogP contribution in [-0.2, 0) is 9.59 Å². The Labute approximate surface area is 104 Å². The third-order valence-corrected chi connectivity index (χ3v) is 2.19. The van der Waals surface area contributed by atoms with Crippen molar-refractivity contribution in [3.63, 3.8) is 0 Å². The van der Waals surface area contributed by atoms with Gasteiger partial charge in [0.2, 0.25) is 11.8 Å². The molecule has 0 aromatic heterocycles. The number of benzene rings is 1. The van der Waals surface area contributed by atoms with E-state index in [-0.39, 0.29) is 35.2 Å². The fraction of sp³-hybridized carbons (Fsp3) is 0.250. The van der Waals surface area contributed by atoms with Crippen molar-refractivity contribution in [3.8, 4) is 5.75 Å². The minimum absolute atomic E-state index is 0.132. The van der Waals surface area contributed by atoms with Gasteiger partial charge in [0.25, 0.3) is 0 Å². The average molecular weight is 250 g/mol. The predicted molar refractivity (Wildman–Crippen MR) is 65.4 cm³/mol. The maximum absolute atomic E-state index is 11.4. The Hall–Kier alpha value is -2.37. The summed E-state index contributed by atoms with van der Waals surface area (Å²) in [5.41, 5.74) is 0.269. The normalized spacial score (nSPS) is 9.67. The molecule has 1 rings (SSSR count). The zero-order valence-corrected chi connectivity index (χ0v) is 10.1. The smallest absolute Gasteiger partial charge is 0.243 e. The first-order valence-corrected chi connectivity index (χ1v) is 5.29. The third kappa shape index (κ3) is 3.58. The predicted octanol–water partition coefficient (Wildman–Crippen LogP) is 0.669. The number of carbonyl (C=O) groups is 3. The quantitative estimate of drug-likeness (QED) is 0.540. The maximum Gasteiger partial charge on any atom is 0.243 e. The second-order valence-corrected chi connectivity index (χ2v) is 3.72. The number of para-hydroxylation sites is 1. The summed E-state index contributed by atoms with van der Waals surface area (Å²) >= 11 is 0. The number of carbonyl (C=O) groups excluding carboxylic acids is 3. The van der Waals surface area contributed by atoms with E-state index >= 15 is 0 Å². The van der Waals surface area contributed by atoms with Crippen LogP contribution in [-0.4, -0.2) is 29.2 Å². The van der Waals surface area contributed by atoms with E-state index in [1.807, 2.05) is 0 Å². The lowest BCUT2D eigenvalue weighted by Crippen LogP contribution is -2.31. The second-order valence-electron chi connectivity index (χ2n) is 3.72. The summed E-state index contributed by atoms with van der Waals surface area (Å²) in [6.45, 7) is 2.41. The number of nitrogens with one attached hydrogen (secondary N) is 2. The van der Waals surface area contributed by atoms with E-state index in [2.05, 4.69) is 10.6 Å². The molecule has 0 aliphatic rings. The Morgan fingerprint density at radius 2 is 1.89 bits per heavy atom. The summed E-state index contributed by atoms with van der Waals surface area (Å²) in [5.74, 6) is -1.39. The van der Waals surface area contributed by atoms with Crippen molar-refractivity contribution in [1.82, 2.24) is 5.32 Å². The van der Waals surface area contributed by atoms with Gasteiger partial charge in [0, 0.05) is 6.92 Å². The van der Waals surface area contributed by atoms with E-state index in [0.717, 1.165) is 0 Å². The van der Waals surface area contributed by atoms with Gasteiger partial charge in [-0.2, -0.15) is 0 Å². The van der Waals surface area contributed by atoms with Crippen molar-refractivity contribution < 1.29 is 19.5 Å². The number of amides is 2. The van der Waals surface area contributed by atoms with Gasteiger partial charge in [-0.25, -0.2) is 0 Å². The lowest BCUT2D eigenvalue weighted by atomic mass is 10.1. The zero-order chi connectivity index (χ0) is 13.7.